The van der Waals surface area contributed by atoms with Gasteiger partial charge < -0.3 is 15.8 Å². The highest BCUT2D eigenvalue weighted by atomic mass is 16.5. The molecule has 1 fully saturated rings. The minimum atomic E-state index is -0.245. The number of carbonyl (C=O) groups is 1. The topological polar surface area (TPSA) is 67.6 Å². The van der Waals surface area contributed by atoms with Crippen molar-refractivity contribution < 1.29 is 9.53 Å². The molecule has 1 aromatic rings. The number of hydrogen-bond acceptors (Lipinski definition) is 4. The second-order valence-electron chi connectivity index (χ2n) is 4.01. The molecule has 0 spiro atoms. The molecule has 1 amide bonds. The summed E-state index contributed by atoms with van der Waals surface area (Å²) >= 11 is 0. The first-order valence-electron chi connectivity index (χ1n) is 5.66. The Hall–Kier alpha value is -1.59. The second kappa shape index (κ2) is 5.16. The van der Waals surface area contributed by atoms with Crippen molar-refractivity contribution >= 4 is 17.3 Å². The summed E-state index contributed by atoms with van der Waals surface area (Å²) in [6, 6.07) is 7.21. The zero-order chi connectivity index (χ0) is 12.3. The maximum Gasteiger partial charge on any atom is 0.226 e. The van der Waals surface area contributed by atoms with Crippen LogP contribution in [0.4, 0.5) is 11.4 Å². The highest BCUT2D eigenvalue weighted by Gasteiger charge is 2.25. The summed E-state index contributed by atoms with van der Waals surface area (Å²) in [5.74, 6) is -0.0385. The van der Waals surface area contributed by atoms with E-state index >= 15 is 0 Å². The van der Waals surface area contributed by atoms with Crippen LogP contribution >= 0.6 is 0 Å². The molecule has 0 aliphatic carbocycles. The smallest absolute Gasteiger partial charge is 0.226 e. The van der Waals surface area contributed by atoms with Gasteiger partial charge in [-0.3, -0.25) is 9.69 Å². The molecule has 3 N–H and O–H groups in total. The number of nitrogens with two attached hydrogens (primary N) is 1. The number of carbonyl (C=O) groups excluding carboxylic acids is 1. The van der Waals surface area contributed by atoms with E-state index in [0.717, 1.165) is 12.2 Å². The summed E-state index contributed by atoms with van der Waals surface area (Å²) < 4.78 is 5.60. The van der Waals surface area contributed by atoms with Crippen molar-refractivity contribution in [2.45, 2.75) is 13.2 Å². The van der Waals surface area contributed by atoms with Crippen LogP contribution in [0.15, 0.2) is 24.3 Å². The lowest BCUT2D eigenvalue weighted by Crippen LogP contribution is -2.51. The molecule has 5 nitrogen and oxygen atoms in total. The molecule has 1 aliphatic heterocycles. The van der Waals surface area contributed by atoms with Gasteiger partial charge in [-0.1, -0.05) is 0 Å². The van der Waals surface area contributed by atoms with E-state index in [2.05, 4.69) is 5.32 Å². The minimum absolute atomic E-state index is 0.0385. The molecular formula is C12H17N3O2. The number of nitrogens with one attached hydrogen (secondary N) is 1. The number of ether oxygens (including phenoxy) is 1. The normalized spacial score (nSPS) is 19.9. The Morgan fingerprint density at radius 1 is 1.47 bits per heavy atom. The van der Waals surface area contributed by atoms with Crippen LogP contribution in [0.5, 0.6) is 0 Å². The van der Waals surface area contributed by atoms with Gasteiger partial charge in [-0.25, -0.2) is 0 Å². The summed E-state index contributed by atoms with van der Waals surface area (Å²) in [4.78, 5) is 13.4. The molecule has 0 saturated carbocycles. The van der Waals surface area contributed by atoms with Gasteiger partial charge in [0.25, 0.3) is 0 Å². The van der Waals surface area contributed by atoms with Crippen molar-refractivity contribution in [2.24, 2.45) is 0 Å². The largest absolute Gasteiger partial charge is 0.399 e. The monoisotopic (exact) mass is 235 g/mol. The van der Waals surface area contributed by atoms with Gasteiger partial charge in [-0.15, -0.1) is 0 Å². The van der Waals surface area contributed by atoms with E-state index in [1.165, 1.54) is 6.92 Å². The Morgan fingerprint density at radius 3 is 2.71 bits per heavy atom. The Balaban J connectivity index is 2.21. The Morgan fingerprint density at radius 2 is 2.18 bits per heavy atom. The number of nitrogen functional groups attached to an aromatic ring is 1. The molecule has 1 aliphatic rings. The molecule has 0 bridgehead atoms. The summed E-state index contributed by atoms with van der Waals surface area (Å²) in [6.07, 6.45) is -0.245. The minimum Gasteiger partial charge on any atom is -0.399 e. The predicted molar refractivity (Wildman–Crippen MR) is 66.6 cm³/mol. The molecule has 0 aromatic heterocycles. The van der Waals surface area contributed by atoms with E-state index in [-0.39, 0.29) is 12.1 Å². The van der Waals surface area contributed by atoms with Gasteiger partial charge in [0.1, 0.15) is 6.23 Å². The highest BCUT2D eigenvalue weighted by molar-refractivity contribution is 5.92. The van der Waals surface area contributed by atoms with Gasteiger partial charge in [0.2, 0.25) is 5.91 Å². The lowest BCUT2D eigenvalue weighted by molar-refractivity contribution is -0.119. The van der Waals surface area contributed by atoms with Gasteiger partial charge in [-0.05, 0) is 24.3 Å². The predicted octanol–water partition coefficient (Wildman–Crippen LogP) is 0.568. The van der Waals surface area contributed by atoms with Crippen molar-refractivity contribution in [1.29, 1.82) is 0 Å². The van der Waals surface area contributed by atoms with Crippen LogP contribution in [0.2, 0.25) is 0 Å². The van der Waals surface area contributed by atoms with Gasteiger partial charge >= 0.3 is 0 Å². The Labute approximate surface area is 101 Å². The molecule has 1 unspecified atom stereocenters. The van der Waals surface area contributed by atoms with Crippen LogP contribution in [-0.2, 0) is 9.53 Å². The zero-order valence-corrected chi connectivity index (χ0v) is 9.85. The molecule has 2 rings (SSSR count). The van der Waals surface area contributed by atoms with E-state index in [0.29, 0.717) is 18.8 Å². The SMILES string of the molecule is CC(=O)N(c1ccc(N)cc1)C1CNCCO1. The summed E-state index contributed by atoms with van der Waals surface area (Å²) in [7, 11) is 0. The van der Waals surface area contributed by atoms with E-state index in [9.17, 15) is 4.79 Å². The van der Waals surface area contributed by atoms with E-state index < -0.39 is 0 Å². The quantitative estimate of drug-likeness (QED) is 0.735. The van der Waals surface area contributed by atoms with Gasteiger partial charge in [0.05, 0.1) is 6.61 Å². The fourth-order valence-corrected chi connectivity index (χ4v) is 1.90. The lowest BCUT2D eigenvalue weighted by atomic mass is 10.2. The molecule has 1 heterocycles. The number of rotatable bonds is 2. The van der Waals surface area contributed by atoms with Gasteiger partial charge in [-0.2, -0.15) is 0 Å². The summed E-state index contributed by atoms with van der Waals surface area (Å²) in [6.45, 7) is 3.62. The fraction of sp³-hybridized carbons (Fsp3) is 0.417. The van der Waals surface area contributed by atoms with Crippen molar-refractivity contribution in [1.82, 2.24) is 5.32 Å². The molecule has 1 saturated heterocycles. The van der Waals surface area contributed by atoms with Gasteiger partial charge in [0, 0.05) is 31.4 Å². The first-order chi connectivity index (χ1) is 8.18. The lowest BCUT2D eigenvalue weighted by Gasteiger charge is -2.33. The maximum atomic E-state index is 11.7. The van der Waals surface area contributed by atoms with Gasteiger partial charge in [0.15, 0.2) is 0 Å². The zero-order valence-electron chi connectivity index (χ0n) is 9.85. The van der Waals surface area contributed by atoms with Crippen LogP contribution in [0, 0.1) is 0 Å². The molecule has 92 valence electrons. The number of hydrogen-bond donors (Lipinski definition) is 2. The molecule has 1 atom stereocenters. The Bertz CT molecular complexity index is 385. The van der Waals surface area contributed by atoms with Crippen molar-refractivity contribution in [3.05, 3.63) is 24.3 Å². The van der Waals surface area contributed by atoms with Crippen LogP contribution in [0.25, 0.3) is 0 Å². The molecule has 1 aromatic carbocycles. The molecule has 17 heavy (non-hydrogen) atoms. The van der Waals surface area contributed by atoms with E-state index in [1.54, 1.807) is 17.0 Å². The van der Waals surface area contributed by atoms with Crippen LogP contribution < -0.4 is 16.0 Å². The molecule has 0 radical (unpaired) electrons. The summed E-state index contributed by atoms with van der Waals surface area (Å²) in [5.41, 5.74) is 7.12. The Kier molecular flexibility index (Phi) is 3.61. The average molecular weight is 235 g/mol. The maximum absolute atomic E-state index is 11.7. The van der Waals surface area contributed by atoms with E-state index in [1.807, 2.05) is 12.1 Å². The molecule has 5 heteroatoms. The molecular weight excluding hydrogens is 218 g/mol. The number of morpholine rings is 1. The van der Waals surface area contributed by atoms with Crippen LogP contribution in [0.1, 0.15) is 6.92 Å². The third kappa shape index (κ3) is 2.75. The number of nitrogens with zero attached hydrogens (tertiary/aromatic N) is 1. The first kappa shape index (κ1) is 11.9. The fourth-order valence-electron chi connectivity index (χ4n) is 1.90. The highest BCUT2D eigenvalue weighted by Crippen LogP contribution is 2.20. The first-order valence-corrected chi connectivity index (χ1v) is 5.66. The van der Waals surface area contributed by atoms with Crippen molar-refractivity contribution in [3.8, 4) is 0 Å². The summed E-state index contributed by atoms with van der Waals surface area (Å²) in [5, 5.41) is 3.21. The van der Waals surface area contributed by atoms with E-state index in [4.69, 9.17) is 10.5 Å². The second-order valence-corrected chi connectivity index (χ2v) is 4.01. The number of amides is 1. The standard InChI is InChI=1S/C12H17N3O2/c1-9(16)15(12-8-14-6-7-17-12)11-4-2-10(13)3-5-11/h2-5,12,14H,6-8,13H2,1H3. The number of anilines is 2. The van der Waals surface area contributed by atoms with Crippen LogP contribution in [0.3, 0.4) is 0 Å². The number of benzene rings is 1. The third-order valence-corrected chi connectivity index (χ3v) is 2.71. The van der Waals surface area contributed by atoms with Crippen LogP contribution in [-0.4, -0.2) is 31.8 Å². The average Bonchev–Trinajstić information content (AvgIpc) is 2.33. The third-order valence-electron chi connectivity index (χ3n) is 2.71. The van der Waals surface area contributed by atoms with Crippen molar-refractivity contribution in [2.75, 3.05) is 30.3 Å². The van der Waals surface area contributed by atoms with Crippen molar-refractivity contribution in [3.63, 3.8) is 0 Å².